The maximum atomic E-state index is 11.2. The maximum Gasteiger partial charge on any atom is 0.337 e. The lowest BCUT2D eigenvalue weighted by atomic mass is 10.2. The predicted molar refractivity (Wildman–Crippen MR) is 59.6 cm³/mol. The monoisotopic (exact) mass is 240 g/mol. The van der Waals surface area contributed by atoms with E-state index in [9.17, 15) is 14.9 Å². The third-order valence-corrected chi connectivity index (χ3v) is 1.85. The van der Waals surface area contributed by atoms with Crippen LogP contribution in [0.25, 0.3) is 0 Å². The summed E-state index contributed by atoms with van der Waals surface area (Å²) in [6.45, 7) is 1.92. The molecule has 0 saturated heterocycles. The lowest BCUT2D eigenvalue weighted by molar-refractivity contribution is -0.383. The largest absolute Gasteiger partial charge is 0.425 e. The summed E-state index contributed by atoms with van der Waals surface area (Å²) in [5.41, 5.74) is 5.11. The van der Waals surface area contributed by atoms with Crippen LogP contribution in [0.4, 0.5) is 11.4 Å². The van der Waals surface area contributed by atoms with Crippen molar-refractivity contribution in [1.29, 1.82) is 0 Å². The van der Waals surface area contributed by atoms with Gasteiger partial charge in [0.25, 0.3) is 5.69 Å². The number of nitrogens with zero attached hydrogens (tertiary/aromatic N) is 1. The van der Waals surface area contributed by atoms with E-state index in [-0.39, 0.29) is 23.7 Å². The number of nitrogen functional groups attached to an aromatic ring is 1. The molecule has 0 amide bonds. The molecule has 0 heterocycles. The van der Waals surface area contributed by atoms with Gasteiger partial charge in [0.2, 0.25) is 0 Å². The SMILES string of the molecule is CCOCC(=O)Oc1ccc(N)c([N+](=O)[O-])c1. The van der Waals surface area contributed by atoms with Crippen LogP contribution in [0.3, 0.4) is 0 Å². The highest BCUT2D eigenvalue weighted by Gasteiger charge is 2.14. The fraction of sp³-hybridized carbons (Fsp3) is 0.300. The Kier molecular flexibility index (Phi) is 4.41. The Morgan fingerprint density at radius 1 is 1.53 bits per heavy atom. The summed E-state index contributed by atoms with van der Waals surface area (Å²) in [5.74, 6) is -0.554. The molecule has 7 nitrogen and oxygen atoms in total. The smallest absolute Gasteiger partial charge is 0.337 e. The van der Waals surface area contributed by atoms with E-state index in [2.05, 4.69) is 0 Å². The molecule has 0 aliphatic heterocycles. The van der Waals surface area contributed by atoms with E-state index in [1.54, 1.807) is 6.92 Å². The summed E-state index contributed by atoms with van der Waals surface area (Å²) in [4.78, 5) is 21.1. The molecule has 1 aromatic rings. The Bertz CT molecular complexity index is 433. The number of esters is 1. The Morgan fingerprint density at radius 2 is 2.24 bits per heavy atom. The van der Waals surface area contributed by atoms with Gasteiger partial charge in [0.1, 0.15) is 18.0 Å². The number of nitro benzene ring substituents is 1. The second-order valence-corrected chi connectivity index (χ2v) is 3.09. The van der Waals surface area contributed by atoms with Crippen LogP contribution in [-0.2, 0) is 9.53 Å². The van der Waals surface area contributed by atoms with Crippen molar-refractivity contribution in [3.8, 4) is 5.75 Å². The van der Waals surface area contributed by atoms with E-state index in [0.717, 1.165) is 6.07 Å². The number of hydrogen-bond donors (Lipinski definition) is 1. The number of carbonyl (C=O) groups excluding carboxylic acids is 1. The number of anilines is 1. The van der Waals surface area contributed by atoms with Crippen molar-refractivity contribution >= 4 is 17.3 Å². The molecule has 17 heavy (non-hydrogen) atoms. The summed E-state index contributed by atoms with van der Waals surface area (Å²) in [6, 6.07) is 3.78. The van der Waals surface area contributed by atoms with Gasteiger partial charge in [-0.3, -0.25) is 10.1 Å². The second-order valence-electron chi connectivity index (χ2n) is 3.09. The Hall–Kier alpha value is -2.15. The first-order valence-electron chi connectivity index (χ1n) is 4.87. The lowest BCUT2D eigenvalue weighted by Gasteiger charge is -2.04. The molecule has 0 atom stereocenters. The average molecular weight is 240 g/mol. The van der Waals surface area contributed by atoms with Crippen molar-refractivity contribution in [3.63, 3.8) is 0 Å². The molecule has 1 rings (SSSR count). The molecule has 1 aromatic carbocycles. The molecule has 0 aliphatic carbocycles. The van der Waals surface area contributed by atoms with E-state index in [1.807, 2.05) is 0 Å². The molecule has 2 N–H and O–H groups in total. The van der Waals surface area contributed by atoms with Gasteiger partial charge in [0, 0.05) is 6.61 Å². The minimum absolute atomic E-state index is 0.0135. The number of ether oxygens (including phenoxy) is 2. The fourth-order valence-electron chi connectivity index (χ4n) is 1.09. The van der Waals surface area contributed by atoms with Crippen LogP contribution in [0, 0.1) is 10.1 Å². The summed E-state index contributed by atoms with van der Waals surface area (Å²) in [5, 5.41) is 10.6. The fourth-order valence-corrected chi connectivity index (χ4v) is 1.09. The summed E-state index contributed by atoms with van der Waals surface area (Å²) < 4.78 is 9.67. The van der Waals surface area contributed by atoms with Crippen molar-refractivity contribution in [1.82, 2.24) is 0 Å². The first-order chi connectivity index (χ1) is 8.04. The summed E-state index contributed by atoms with van der Waals surface area (Å²) >= 11 is 0. The summed E-state index contributed by atoms with van der Waals surface area (Å²) in [7, 11) is 0. The number of benzene rings is 1. The van der Waals surface area contributed by atoms with Gasteiger partial charge in [0.05, 0.1) is 11.0 Å². The maximum absolute atomic E-state index is 11.2. The zero-order chi connectivity index (χ0) is 12.8. The molecular formula is C10H12N2O5. The number of nitrogens with two attached hydrogens (primary N) is 1. The topological polar surface area (TPSA) is 105 Å². The highest BCUT2D eigenvalue weighted by Crippen LogP contribution is 2.26. The molecule has 0 unspecified atom stereocenters. The van der Waals surface area contributed by atoms with Crippen LogP contribution in [-0.4, -0.2) is 24.1 Å². The van der Waals surface area contributed by atoms with Gasteiger partial charge >= 0.3 is 5.97 Å². The van der Waals surface area contributed by atoms with E-state index >= 15 is 0 Å². The minimum Gasteiger partial charge on any atom is -0.425 e. The van der Waals surface area contributed by atoms with Crippen molar-refractivity contribution in [3.05, 3.63) is 28.3 Å². The molecule has 0 radical (unpaired) electrons. The van der Waals surface area contributed by atoms with Gasteiger partial charge in [-0.05, 0) is 19.1 Å². The number of hydrogen-bond acceptors (Lipinski definition) is 6. The number of nitro groups is 1. The molecule has 92 valence electrons. The normalized spacial score (nSPS) is 9.94. The first-order valence-corrected chi connectivity index (χ1v) is 4.87. The minimum atomic E-state index is -0.644. The molecule has 0 fully saturated rings. The van der Waals surface area contributed by atoms with Crippen molar-refractivity contribution in [2.24, 2.45) is 0 Å². The average Bonchev–Trinajstić information content (AvgIpc) is 2.28. The summed E-state index contributed by atoms with van der Waals surface area (Å²) in [6.07, 6.45) is 0. The van der Waals surface area contributed by atoms with E-state index < -0.39 is 10.9 Å². The zero-order valence-electron chi connectivity index (χ0n) is 9.21. The van der Waals surface area contributed by atoms with Crippen LogP contribution < -0.4 is 10.5 Å². The van der Waals surface area contributed by atoms with Gasteiger partial charge in [-0.25, -0.2) is 4.79 Å². The van der Waals surface area contributed by atoms with Crippen LogP contribution in [0.15, 0.2) is 18.2 Å². The third-order valence-electron chi connectivity index (χ3n) is 1.85. The van der Waals surface area contributed by atoms with E-state index in [4.69, 9.17) is 15.2 Å². The Morgan fingerprint density at radius 3 is 2.82 bits per heavy atom. The van der Waals surface area contributed by atoms with Gasteiger partial charge in [0.15, 0.2) is 0 Å². The van der Waals surface area contributed by atoms with Gasteiger partial charge in [-0.15, -0.1) is 0 Å². The molecule has 0 bridgehead atoms. The van der Waals surface area contributed by atoms with Gasteiger partial charge in [-0.1, -0.05) is 0 Å². The standard InChI is InChI=1S/C10H12N2O5/c1-2-16-6-10(13)17-7-3-4-8(11)9(5-7)12(14)15/h3-5H,2,6,11H2,1H3. The van der Waals surface area contributed by atoms with Crippen LogP contribution in [0.5, 0.6) is 5.75 Å². The number of rotatable bonds is 5. The zero-order valence-corrected chi connectivity index (χ0v) is 9.21. The lowest BCUT2D eigenvalue weighted by Crippen LogP contribution is -2.15. The van der Waals surface area contributed by atoms with Crippen molar-refractivity contribution in [2.45, 2.75) is 6.92 Å². The quantitative estimate of drug-likeness (QED) is 0.272. The molecule has 0 aliphatic rings. The van der Waals surface area contributed by atoms with Crippen molar-refractivity contribution < 1.29 is 19.2 Å². The molecular weight excluding hydrogens is 228 g/mol. The highest BCUT2D eigenvalue weighted by atomic mass is 16.6. The first kappa shape index (κ1) is 12.9. The predicted octanol–water partition coefficient (Wildman–Crippen LogP) is 1.12. The van der Waals surface area contributed by atoms with Crippen LogP contribution in [0.1, 0.15) is 6.92 Å². The van der Waals surface area contributed by atoms with Crippen LogP contribution >= 0.6 is 0 Å². The number of carbonyl (C=O) groups is 1. The molecule has 7 heteroatoms. The highest BCUT2D eigenvalue weighted by molar-refractivity contribution is 5.74. The van der Waals surface area contributed by atoms with Gasteiger partial charge < -0.3 is 15.2 Å². The van der Waals surface area contributed by atoms with Crippen LogP contribution in [0.2, 0.25) is 0 Å². The molecule has 0 aromatic heterocycles. The van der Waals surface area contributed by atoms with Crippen molar-refractivity contribution in [2.75, 3.05) is 18.9 Å². The Labute approximate surface area is 97.3 Å². The van der Waals surface area contributed by atoms with E-state index in [0.29, 0.717) is 6.61 Å². The second kappa shape index (κ2) is 5.80. The molecule has 0 saturated carbocycles. The van der Waals surface area contributed by atoms with Gasteiger partial charge in [-0.2, -0.15) is 0 Å². The van der Waals surface area contributed by atoms with E-state index in [1.165, 1.54) is 12.1 Å². The molecule has 0 spiro atoms. The Balaban J connectivity index is 2.75. The third kappa shape index (κ3) is 3.72.